The summed E-state index contributed by atoms with van der Waals surface area (Å²) < 4.78 is 13.1. The van der Waals surface area contributed by atoms with E-state index in [4.69, 9.17) is 0 Å². The van der Waals surface area contributed by atoms with E-state index in [1.807, 2.05) is 30.3 Å². The summed E-state index contributed by atoms with van der Waals surface area (Å²) in [7, 11) is 0. The molecule has 21 heavy (non-hydrogen) atoms. The highest BCUT2D eigenvalue weighted by molar-refractivity contribution is 5.94. The maximum absolute atomic E-state index is 13.1. The molecule has 0 spiro atoms. The summed E-state index contributed by atoms with van der Waals surface area (Å²) >= 11 is 0. The predicted octanol–water partition coefficient (Wildman–Crippen LogP) is 2.47. The van der Waals surface area contributed by atoms with Gasteiger partial charge in [-0.3, -0.25) is 4.79 Å². The van der Waals surface area contributed by atoms with Gasteiger partial charge in [-0.25, -0.2) is 4.39 Å². The molecule has 1 atom stereocenters. The van der Waals surface area contributed by atoms with Crippen LogP contribution in [0.25, 0.3) is 0 Å². The third kappa shape index (κ3) is 4.39. The van der Waals surface area contributed by atoms with Gasteiger partial charge in [0, 0.05) is 18.5 Å². The summed E-state index contributed by atoms with van der Waals surface area (Å²) in [4.78, 5) is 11.9. The molecule has 0 fully saturated rings. The van der Waals surface area contributed by atoms with Gasteiger partial charge in [0.1, 0.15) is 5.82 Å². The number of carbonyl (C=O) groups excluding carboxylic acids is 1. The molecule has 2 N–H and O–H groups in total. The lowest BCUT2D eigenvalue weighted by Gasteiger charge is -2.12. The van der Waals surface area contributed by atoms with Crippen LogP contribution in [0, 0.1) is 12.7 Å². The number of halogens is 1. The van der Waals surface area contributed by atoms with Crippen molar-refractivity contribution in [3.63, 3.8) is 0 Å². The topological polar surface area (TPSA) is 49.3 Å². The summed E-state index contributed by atoms with van der Waals surface area (Å²) in [6.07, 6.45) is -0.179. The molecule has 0 bridgehead atoms. The molecule has 4 heteroatoms. The summed E-state index contributed by atoms with van der Waals surface area (Å²) in [6.45, 7) is 1.76. The molecule has 0 heterocycles. The van der Waals surface area contributed by atoms with Crippen LogP contribution in [-0.4, -0.2) is 23.7 Å². The second-order valence-corrected chi connectivity index (χ2v) is 5.02. The molecule has 3 nitrogen and oxygen atoms in total. The van der Waals surface area contributed by atoms with Crippen molar-refractivity contribution < 1.29 is 14.3 Å². The Kier molecular flexibility index (Phi) is 5.06. The Morgan fingerprint density at radius 1 is 1.24 bits per heavy atom. The van der Waals surface area contributed by atoms with Gasteiger partial charge in [0.25, 0.3) is 5.91 Å². The molecule has 0 saturated heterocycles. The van der Waals surface area contributed by atoms with Crippen LogP contribution >= 0.6 is 0 Å². The van der Waals surface area contributed by atoms with Crippen molar-refractivity contribution >= 4 is 5.91 Å². The number of rotatable bonds is 5. The first kappa shape index (κ1) is 15.2. The molecule has 0 radical (unpaired) electrons. The van der Waals surface area contributed by atoms with E-state index in [9.17, 15) is 14.3 Å². The van der Waals surface area contributed by atoms with Crippen molar-refractivity contribution in [2.24, 2.45) is 0 Å². The number of aliphatic hydroxyl groups excluding tert-OH is 1. The van der Waals surface area contributed by atoms with Crippen molar-refractivity contribution in [1.29, 1.82) is 0 Å². The quantitative estimate of drug-likeness (QED) is 0.887. The lowest BCUT2D eigenvalue weighted by atomic mass is 10.1. The van der Waals surface area contributed by atoms with Crippen LogP contribution in [-0.2, 0) is 6.42 Å². The van der Waals surface area contributed by atoms with E-state index in [-0.39, 0.29) is 18.3 Å². The largest absolute Gasteiger partial charge is 0.391 e. The Bertz CT molecular complexity index is 613. The van der Waals surface area contributed by atoms with E-state index in [0.717, 1.165) is 5.56 Å². The fraction of sp³-hybridized carbons (Fsp3) is 0.235. The molecule has 0 aliphatic heterocycles. The molecule has 2 rings (SSSR count). The van der Waals surface area contributed by atoms with Crippen LogP contribution < -0.4 is 5.32 Å². The van der Waals surface area contributed by atoms with Gasteiger partial charge in [-0.2, -0.15) is 0 Å². The van der Waals surface area contributed by atoms with Gasteiger partial charge >= 0.3 is 0 Å². The number of aryl methyl sites for hydroxylation is 1. The van der Waals surface area contributed by atoms with E-state index < -0.39 is 6.10 Å². The van der Waals surface area contributed by atoms with Gasteiger partial charge < -0.3 is 10.4 Å². The lowest BCUT2D eigenvalue weighted by molar-refractivity contribution is 0.0916. The Morgan fingerprint density at radius 3 is 2.62 bits per heavy atom. The van der Waals surface area contributed by atoms with Crippen LogP contribution in [0.1, 0.15) is 21.5 Å². The van der Waals surface area contributed by atoms with E-state index in [2.05, 4.69) is 5.32 Å². The molecule has 1 amide bonds. The molecule has 0 aliphatic carbocycles. The summed E-state index contributed by atoms with van der Waals surface area (Å²) in [5.74, 6) is -0.652. The van der Waals surface area contributed by atoms with Gasteiger partial charge in [0.2, 0.25) is 0 Å². The van der Waals surface area contributed by atoms with Crippen LogP contribution in [0.3, 0.4) is 0 Å². The molecule has 0 aliphatic rings. The Hall–Kier alpha value is -2.20. The highest BCUT2D eigenvalue weighted by Gasteiger charge is 2.10. The Balaban J connectivity index is 1.87. The molecule has 2 aromatic carbocycles. The maximum Gasteiger partial charge on any atom is 0.251 e. The van der Waals surface area contributed by atoms with Crippen molar-refractivity contribution in [3.8, 4) is 0 Å². The van der Waals surface area contributed by atoms with Crippen molar-refractivity contribution in [3.05, 3.63) is 71.0 Å². The minimum Gasteiger partial charge on any atom is -0.391 e. The highest BCUT2D eigenvalue weighted by Crippen LogP contribution is 2.09. The first-order valence-corrected chi connectivity index (χ1v) is 6.82. The number of hydrogen-bond acceptors (Lipinski definition) is 2. The monoisotopic (exact) mass is 287 g/mol. The van der Waals surface area contributed by atoms with Gasteiger partial charge in [-0.15, -0.1) is 0 Å². The fourth-order valence-electron chi connectivity index (χ4n) is 2.06. The van der Waals surface area contributed by atoms with E-state index in [1.54, 1.807) is 6.92 Å². The third-order valence-electron chi connectivity index (χ3n) is 3.23. The number of hydrogen-bond donors (Lipinski definition) is 2. The molecule has 1 unspecified atom stereocenters. The third-order valence-corrected chi connectivity index (χ3v) is 3.23. The zero-order valence-electron chi connectivity index (χ0n) is 11.8. The molecule has 0 saturated carbocycles. The standard InChI is InChI=1S/C17H18FNO2/c1-12-9-14(7-8-16(12)18)17(21)19-11-15(20)10-13-5-3-2-4-6-13/h2-9,15,20H,10-11H2,1H3,(H,19,21). The van der Waals surface area contributed by atoms with Gasteiger partial charge in [-0.05, 0) is 36.2 Å². The van der Waals surface area contributed by atoms with Crippen molar-refractivity contribution in [1.82, 2.24) is 5.32 Å². The van der Waals surface area contributed by atoms with Crippen molar-refractivity contribution in [2.75, 3.05) is 6.54 Å². The van der Waals surface area contributed by atoms with E-state index in [0.29, 0.717) is 17.5 Å². The van der Waals surface area contributed by atoms with E-state index in [1.165, 1.54) is 18.2 Å². The Morgan fingerprint density at radius 2 is 1.95 bits per heavy atom. The Labute approximate surface area is 123 Å². The average Bonchev–Trinajstić information content (AvgIpc) is 2.48. The first-order valence-electron chi connectivity index (χ1n) is 6.82. The molecule has 2 aromatic rings. The number of carbonyl (C=O) groups is 1. The van der Waals surface area contributed by atoms with Crippen LogP contribution in [0.5, 0.6) is 0 Å². The van der Waals surface area contributed by atoms with E-state index >= 15 is 0 Å². The van der Waals surface area contributed by atoms with Crippen molar-refractivity contribution in [2.45, 2.75) is 19.4 Å². The zero-order valence-corrected chi connectivity index (χ0v) is 11.8. The number of amides is 1. The minimum absolute atomic E-state index is 0.157. The summed E-state index contributed by atoms with van der Waals surface area (Å²) in [6, 6.07) is 13.8. The second-order valence-electron chi connectivity index (χ2n) is 5.02. The SMILES string of the molecule is Cc1cc(C(=O)NCC(O)Cc2ccccc2)ccc1F. The summed E-state index contributed by atoms with van der Waals surface area (Å²) in [5, 5.41) is 12.6. The van der Waals surface area contributed by atoms with Crippen LogP contribution in [0.4, 0.5) is 4.39 Å². The van der Waals surface area contributed by atoms with Gasteiger partial charge in [0.05, 0.1) is 6.10 Å². The van der Waals surface area contributed by atoms with Crippen LogP contribution in [0.15, 0.2) is 48.5 Å². The van der Waals surface area contributed by atoms with Crippen LogP contribution in [0.2, 0.25) is 0 Å². The fourth-order valence-corrected chi connectivity index (χ4v) is 2.06. The van der Waals surface area contributed by atoms with Gasteiger partial charge in [-0.1, -0.05) is 30.3 Å². The molecular weight excluding hydrogens is 269 g/mol. The predicted molar refractivity (Wildman–Crippen MR) is 79.6 cm³/mol. The first-order chi connectivity index (χ1) is 10.1. The minimum atomic E-state index is -0.655. The van der Waals surface area contributed by atoms with Gasteiger partial charge in [0.15, 0.2) is 0 Å². The maximum atomic E-state index is 13.1. The number of nitrogens with one attached hydrogen (secondary N) is 1. The smallest absolute Gasteiger partial charge is 0.251 e. The zero-order chi connectivity index (χ0) is 15.2. The summed E-state index contributed by atoms with van der Waals surface area (Å²) in [5.41, 5.74) is 1.82. The molecule has 110 valence electrons. The number of benzene rings is 2. The molecule has 0 aromatic heterocycles. The second kappa shape index (κ2) is 6.99. The normalized spacial score (nSPS) is 12.0. The average molecular weight is 287 g/mol. The highest BCUT2D eigenvalue weighted by atomic mass is 19.1. The lowest BCUT2D eigenvalue weighted by Crippen LogP contribution is -2.33. The number of aliphatic hydroxyl groups is 1. The molecular formula is C17H18FNO2.